The zero-order valence-electron chi connectivity index (χ0n) is 12.2. The lowest BCUT2D eigenvalue weighted by Crippen LogP contribution is -2.06. The minimum atomic E-state index is 1.07. The molecule has 1 aromatic heterocycles. The maximum Gasteiger partial charge on any atom is 0.0769 e. The molecule has 0 saturated heterocycles. The Morgan fingerprint density at radius 3 is 2.95 bits per heavy atom. The number of unbranched alkanes of at least 4 members (excludes halogenated alkanes) is 2. The first kappa shape index (κ1) is 13.3. The molecule has 0 saturated carbocycles. The van der Waals surface area contributed by atoms with E-state index in [9.17, 15) is 0 Å². The first-order valence-corrected chi connectivity index (χ1v) is 7.83. The fraction of sp³-hybridized carbons (Fsp3) is 0.444. The highest BCUT2D eigenvalue weighted by Crippen LogP contribution is 2.35. The largest absolute Gasteiger partial charge is 0.260 e. The van der Waals surface area contributed by atoms with Gasteiger partial charge in [-0.2, -0.15) is 0 Å². The van der Waals surface area contributed by atoms with Crippen LogP contribution in [0, 0.1) is 0 Å². The molecule has 2 heteroatoms. The van der Waals surface area contributed by atoms with E-state index in [1.807, 2.05) is 0 Å². The standard InChI is InChI=1S/C18H22N2/c1-2-3-8-13-19-18-14-9-4-6-11-16(14)20-17-12-7-5-10-15(17)18/h4,6,9,11,13H,2-3,5,7-8,10,12H2,1H3. The van der Waals surface area contributed by atoms with Gasteiger partial charge in [-0.1, -0.05) is 31.5 Å². The van der Waals surface area contributed by atoms with Crippen LogP contribution in [0.3, 0.4) is 0 Å². The van der Waals surface area contributed by atoms with E-state index in [0.717, 1.165) is 24.8 Å². The molecule has 1 aliphatic carbocycles. The molecule has 2 aromatic rings. The molecular weight excluding hydrogens is 244 g/mol. The number of para-hydroxylation sites is 1. The molecular formula is C18H22N2. The van der Waals surface area contributed by atoms with Crippen molar-refractivity contribution in [1.82, 2.24) is 4.98 Å². The number of aliphatic imine (C=N–C) groups is 1. The molecule has 0 spiro atoms. The van der Waals surface area contributed by atoms with Crippen molar-refractivity contribution in [2.75, 3.05) is 0 Å². The van der Waals surface area contributed by atoms with Crippen LogP contribution in [-0.4, -0.2) is 11.2 Å². The quantitative estimate of drug-likeness (QED) is 0.564. The Labute approximate surface area is 121 Å². The molecule has 0 bridgehead atoms. The van der Waals surface area contributed by atoms with Gasteiger partial charge in [0.25, 0.3) is 0 Å². The van der Waals surface area contributed by atoms with Crippen LogP contribution in [0.4, 0.5) is 5.69 Å². The Bertz CT molecular complexity index is 629. The van der Waals surface area contributed by atoms with Gasteiger partial charge in [-0.15, -0.1) is 0 Å². The summed E-state index contributed by atoms with van der Waals surface area (Å²) in [5.74, 6) is 0. The average Bonchev–Trinajstić information content (AvgIpc) is 2.50. The van der Waals surface area contributed by atoms with Crippen LogP contribution in [0.5, 0.6) is 0 Å². The molecule has 0 N–H and O–H groups in total. The molecule has 1 aromatic carbocycles. The topological polar surface area (TPSA) is 25.2 Å². The second-order valence-electron chi connectivity index (χ2n) is 5.56. The number of hydrogen-bond donors (Lipinski definition) is 0. The van der Waals surface area contributed by atoms with Crippen LogP contribution in [0.1, 0.15) is 50.3 Å². The van der Waals surface area contributed by atoms with E-state index in [4.69, 9.17) is 9.98 Å². The fourth-order valence-corrected chi connectivity index (χ4v) is 2.95. The maximum absolute atomic E-state index is 4.85. The van der Waals surface area contributed by atoms with Crippen LogP contribution in [0.25, 0.3) is 10.9 Å². The summed E-state index contributed by atoms with van der Waals surface area (Å²) < 4.78 is 0. The zero-order chi connectivity index (χ0) is 13.8. The number of benzene rings is 1. The molecule has 1 heterocycles. The van der Waals surface area contributed by atoms with Gasteiger partial charge < -0.3 is 0 Å². The van der Waals surface area contributed by atoms with Gasteiger partial charge in [-0.25, -0.2) is 0 Å². The molecule has 20 heavy (non-hydrogen) atoms. The number of pyridine rings is 1. The van der Waals surface area contributed by atoms with Crippen molar-refractivity contribution >= 4 is 22.8 Å². The van der Waals surface area contributed by atoms with Gasteiger partial charge in [-0.05, 0) is 50.2 Å². The summed E-state index contributed by atoms with van der Waals surface area (Å²) in [6, 6.07) is 8.42. The molecule has 2 nitrogen and oxygen atoms in total. The number of nitrogens with zero attached hydrogens (tertiary/aromatic N) is 2. The molecule has 0 unspecified atom stereocenters. The van der Waals surface area contributed by atoms with Gasteiger partial charge in [0.05, 0.1) is 11.2 Å². The lowest BCUT2D eigenvalue weighted by molar-refractivity contribution is 0.672. The van der Waals surface area contributed by atoms with Crippen molar-refractivity contribution in [1.29, 1.82) is 0 Å². The molecule has 1 aliphatic rings. The van der Waals surface area contributed by atoms with Gasteiger partial charge >= 0.3 is 0 Å². The number of aromatic nitrogens is 1. The molecule has 3 rings (SSSR count). The Balaban J connectivity index is 2.08. The van der Waals surface area contributed by atoms with Crippen molar-refractivity contribution in [3.05, 3.63) is 35.5 Å². The summed E-state index contributed by atoms with van der Waals surface area (Å²) in [4.78, 5) is 9.67. The van der Waals surface area contributed by atoms with Crippen LogP contribution >= 0.6 is 0 Å². The van der Waals surface area contributed by atoms with E-state index in [0.29, 0.717) is 0 Å². The Kier molecular flexibility index (Phi) is 4.10. The van der Waals surface area contributed by atoms with Crippen molar-refractivity contribution in [2.45, 2.75) is 51.9 Å². The van der Waals surface area contributed by atoms with E-state index >= 15 is 0 Å². The second-order valence-corrected chi connectivity index (χ2v) is 5.56. The van der Waals surface area contributed by atoms with E-state index in [1.54, 1.807) is 0 Å². The van der Waals surface area contributed by atoms with Crippen molar-refractivity contribution in [3.63, 3.8) is 0 Å². The summed E-state index contributed by atoms with van der Waals surface area (Å²) in [6.07, 6.45) is 10.4. The van der Waals surface area contributed by atoms with Crippen molar-refractivity contribution in [3.8, 4) is 0 Å². The average molecular weight is 266 g/mol. The lowest BCUT2D eigenvalue weighted by atomic mass is 9.93. The first-order valence-electron chi connectivity index (χ1n) is 7.83. The van der Waals surface area contributed by atoms with E-state index in [-0.39, 0.29) is 0 Å². The highest BCUT2D eigenvalue weighted by molar-refractivity contribution is 5.93. The van der Waals surface area contributed by atoms with E-state index in [1.165, 1.54) is 48.0 Å². The predicted molar refractivity (Wildman–Crippen MR) is 86.1 cm³/mol. The summed E-state index contributed by atoms with van der Waals surface area (Å²) in [6.45, 7) is 2.22. The number of rotatable bonds is 4. The second kappa shape index (κ2) is 6.17. The summed E-state index contributed by atoms with van der Waals surface area (Å²) in [5, 5.41) is 1.21. The van der Waals surface area contributed by atoms with Gasteiger partial charge in [0.2, 0.25) is 0 Å². The SMILES string of the molecule is CCCCC=Nc1c2c(nc3ccccc13)CCCC2. The van der Waals surface area contributed by atoms with Crippen molar-refractivity contribution in [2.24, 2.45) is 4.99 Å². The van der Waals surface area contributed by atoms with Crippen LogP contribution in [0.15, 0.2) is 29.3 Å². The highest BCUT2D eigenvalue weighted by Gasteiger charge is 2.17. The molecule has 0 radical (unpaired) electrons. The Morgan fingerprint density at radius 1 is 1.20 bits per heavy atom. The third-order valence-corrected chi connectivity index (χ3v) is 4.05. The maximum atomic E-state index is 4.85. The Hall–Kier alpha value is -1.70. The van der Waals surface area contributed by atoms with E-state index in [2.05, 4.69) is 37.4 Å². The number of aryl methyl sites for hydroxylation is 1. The summed E-state index contributed by atoms with van der Waals surface area (Å²) in [7, 11) is 0. The summed E-state index contributed by atoms with van der Waals surface area (Å²) >= 11 is 0. The smallest absolute Gasteiger partial charge is 0.0769 e. The van der Waals surface area contributed by atoms with Crippen LogP contribution in [0.2, 0.25) is 0 Å². The van der Waals surface area contributed by atoms with Crippen LogP contribution in [-0.2, 0) is 12.8 Å². The minimum absolute atomic E-state index is 1.07. The predicted octanol–water partition coefficient (Wildman–Crippen LogP) is 5.01. The minimum Gasteiger partial charge on any atom is -0.260 e. The third kappa shape index (κ3) is 2.60. The molecule has 0 fully saturated rings. The molecule has 0 aliphatic heterocycles. The van der Waals surface area contributed by atoms with Gasteiger partial charge in [0, 0.05) is 17.3 Å². The molecule has 104 valence electrons. The first-order chi connectivity index (χ1) is 9.90. The fourth-order valence-electron chi connectivity index (χ4n) is 2.95. The highest BCUT2D eigenvalue weighted by atomic mass is 14.8. The van der Waals surface area contributed by atoms with Gasteiger partial charge in [0.1, 0.15) is 0 Å². The monoisotopic (exact) mass is 266 g/mol. The van der Waals surface area contributed by atoms with Crippen molar-refractivity contribution < 1.29 is 0 Å². The normalized spacial score (nSPS) is 14.8. The zero-order valence-corrected chi connectivity index (χ0v) is 12.2. The molecule has 0 atom stereocenters. The molecule has 0 amide bonds. The third-order valence-electron chi connectivity index (χ3n) is 4.05. The van der Waals surface area contributed by atoms with Gasteiger partial charge in [-0.3, -0.25) is 9.98 Å². The lowest BCUT2D eigenvalue weighted by Gasteiger charge is -2.18. The van der Waals surface area contributed by atoms with Gasteiger partial charge in [0.15, 0.2) is 0 Å². The van der Waals surface area contributed by atoms with Crippen LogP contribution < -0.4 is 0 Å². The number of fused-ring (bicyclic) bond motifs is 2. The number of hydrogen-bond acceptors (Lipinski definition) is 2. The Morgan fingerprint density at radius 2 is 2.05 bits per heavy atom. The summed E-state index contributed by atoms with van der Waals surface area (Å²) in [5.41, 5.74) is 4.94. The van der Waals surface area contributed by atoms with E-state index < -0.39 is 0 Å².